The molecule has 1 N–H and O–H groups in total. The molecule has 0 radical (unpaired) electrons. The van der Waals surface area contributed by atoms with Gasteiger partial charge < -0.3 is 5.32 Å². The molecule has 3 rings (SSSR count). The summed E-state index contributed by atoms with van der Waals surface area (Å²) in [5.74, 6) is 0.567. The van der Waals surface area contributed by atoms with Crippen LogP contribution in [0, 0.1) is 0 Å². The van der Waals surface area contributed by atoms with E-state index < -0.39 is 0 Å². The lowest BCUT2D eigenvalue weighted by Crippen LogP contribution is -2.15. The first-order valence-electron chi connectivity index (χ1n) is 6.68. The van der Waals surface area contributed by atoms with Crippen LogP contribution in [0.3, 0.4) is 0 Å². The van der Waals surface area contributed by atoms with Crippen LogP contribution in [0.2, 0.25) is 0 Å². The van der Waals surface area contributed by atoms with Crippen LogP contribution in [0.5, 0.6) is 0 Å². The van der Waals surface area contributed by atoms with E-state index in [1.807, 2.05) is 22.9 Å². The topological polar surface area (TPSA) is 81.4 Å². The van der Waals surface area contributed by atoms with Gasteiger partial charge in [-0.15, -0.1) is 0 Å². The average molecular weight is 281 g/mol. The highest BCUT2D eigenvalue weighted by Crippen LogP contribution is 2.20. The second-order valence-corrected chi connectivity index (χ2v) is 4.52. The molecule has 7 heteroatoms. The van der Waals surface area contributed by atoms with Crippen LogP contribution in [0.25, 0.3) is 0 Å². The standard InChI is InChI=1S/C14H15N7/c1-2-4-12(5-3-1)13(6-7-21-11-16-10-19-21)20-14-17-8-15-9-18-14/h1-5,8-11,13H,6-7H2,(H,15,17,18,20). The molecule has 0 spiro atoms. The number of anilines is 1. The molecule has 1 aromatic carbocycles. The summed E-state index contributed by atoms with van der Waals surface area (Å²) in [7, 11) is 0. The fourth-order valence-corrected chi connectivity index (χ4v) is 2.09. The summed E-state index contributed by atoms with van der Waals surface area (Å²) in [6.45, 7) is 0.762. The van der Waals surface area contributed by atoms with Crippen LogP contribution in [0.15, 0.2) is 55.6 Å². The van der Waals surface area contributed by atoms with E-state index in [4.69, 9.17) is 0 Å². The number of nitrogens with zero attached hydrogens (tertiary/aromatic N) is 6. The van der Waals surface area contributed by atoms with Crippen molar-refractivity contribution in [1.82, 2.24) is 29.7 Å². The van der Waals surface area contributed by atoms with Crippen LogP contribution in [0.4, 0.5) is 5.95 Å². The molecule has 0 aliphatic rings. The van der Waals surface area contributed by atoms with Crippen LogP contribution < -0.4 is 5.32 Å². The molecule has 2 heterocycles. The maximum Gasteiger partial charge on any atom is 0.226 e. The maximum absolute atomic E-state index is 4.13. The van der Waals surface area contributed by atoms with Crippen molar-refractivity contribution in [3.05, 3.63) is 61.2 Å². The molecule has 0 aliphatic heterocycles. The number of rotatable bonds is 6. The molecule has 21 heavy (non-hydrogen) atoms. The first-order valence-corrected chi connectivity index (χ1v) is 6.68. The summed E-state index contributed by atoms with van der Waals surface area (Å²) in [5.41, 5.74) is 1.18. The third-order valence-electron chi connectivity index (χ3n) is 3.11. The Kier molecular flexibility index (Phi) is 4.11. The zero-order chi connectivity index (χ0) is 14.3. The third kappa shape index (κ3) is 3.59. The van der Waals surface area contributed by atoms with Crippen LogP contribution >= 0.6 is 0 Å². The monoisotopic (exact) mass is 281 g/mol. The molecule has 0 bridgehead atoms. The van der Waals surface area contributed by atoms with Gasteiger partial charge in [0.2, 0.25) is 5.95 Å². The lowest BCUT2D eigenvalue weighted by Gasteiger charge is -2.18. The van der Waals surface area contributed by atoms with Crippen LogP contribution in [-0.2, 0) is 6.54 Å². The van der Waals surface area contributed by atoms with Crippen LogP contribution in [0.1, 0.15) is 18.0 Å². The number of hydrogen-bond acceptors (Lipinski definition) is 6. The molecule has 0 amide bonds. The largest absolute Gasteiger partial charge is 0.347 e. The molecule has 106 valence electrons. The molecule has 1 atom stereocenters. The van der Waals surface area contributed by atoms with Gasteiger partial charge in [0.1, 0.15) is 25.3 Å². The predicted octanol–water partition coefficient (Wildman–Crippen LogP) is 1.71. The highest BCUT2D eigenvalue weighted by atomic mass is 15.3. The molecule has 0 fully saturated rings. The van der Waals surface area contributed by atoms with Gasteiger partial charge in [-0.05, 0) is 12.0 Å². The highest BCUT2D eigenvalue weighted by molar-refractivity contribution is 5.30. The SMILES string of the molecule is c1ccc(C(CCn2cncn2)Nc2ncncn2)cc1. The minimum Gasteiger partial charge on any atom is -0.347 e. The van der Waals surface area contributed by atoms with Gasteiger partial charge in [-0.3, -0.25) is 4.68 Å². The van der Waals surface area contributed by atoms with Gasteiger partial charge in [0.15, 0.2) is 0 Å². The Balaban J connectivity index is 1.74. The van der Waals surface area contributed by atoms with Crippen molar-refractivity contribution in [2.45, 2.75) is 19.0 Å². The summed E-state index contributed by atoms with van der Waals surface area (Å²) in [5, 5.41) is 7.46. The fourth-order valence-electron chi connectivity index (χ4n) is 2.09. The van der Waals surface area contributed by atoms with E-state index in [9.17, 15) is 0 Å². The minimum atomic E-state index is 0.0952. The second kappa shape index (κ2) is 6.56. The Labute approximate surface area is 122 Å². The Morgan fingerprint density at radius 1 is 1.00 bits per heavy atom. The lowest BCUT2D eigenvalue weighted by molar-refractivity contribution is 0.536. The highest BCUT2D eigenvalue weighted by Gasteiger charge is 2.12. The Hall–Kier alpha value is -2.83. The van der Waals surface area contributed by atoms with Crippen molar-refractivity contribution < 1.29 is 0 Å². The number of nitrogens with one attached hydrogen (secondary N) is 1. The van der Waals surface area contributed by atoms with E-state index in [0.29, 0.717) is 5.95 Å². The summed E-state index contributed by atoms with van der Waals surface area (Å²) in [6.07, 6.45) is 7.06. The Morgan fingerprint density at radius 3 is 2.52 bits per heavy atom. The lowest BCUT2D eigenvalue weighted by atomic mass is 10.0. The van der Waals surface area contributed by atoms with Crippen molar-refractivity contribution in [1.29, 1.82) is 0 Å². The van der Waals surface area contributed by atoms with Gasteiger partial charge >= 0.3 is 0 Å². The Bertz CT molecular complexity index is 640. The molecule has 3 aromatic rings. The minimum absolute atomic E-state index is 0.0952. The fraction of sp³-hybridized carbons (Fsp3) is 0.214. The van der Waals surface area contributed by atoms with Gasteiger partial charge in [-0.2, -0.15) is 5.10 Å². The van der Waals surface area contributed by atoms with E-state index in [-0.39, 0.29) is 6.04 Å². The predicted molar refractivity (Wildman–Crippen MR) is 77.3 cm³/mol. The zero-order valence-corrected chi connectivity index (χ0v) is 11.4. The number of aryl methyl sites for hydroxylation is 1. The molecule has 0 saturated carbocycles. The van der Waals surface area contributed by atoms with Crippen molar-refractivity contribution in [3.63, 3.8) is 0 Å². The van der Waals surface area contributed by atoms with Crippen molar-refractivity contribution in [3.8, 4) is 0 Å². The smallest absolute Gasteiger partial charge is 0.226 e. The van der Waals surface area contributed by atoms with Crippen LogP contribution in [-0.4, -0.2) is 29.7 Å². The molecule has 7 nitrogen and oxygen atoms in total. The van der Waals surface area contributed by atoms with Gasteiger partial charge in [-0.25, -0.2) is 19.9 Å². The molecule has 2 aromatic heterocycles. The second-order valence-electron chi connectivity index (χ2n) is 4.52. The zero-order valence-electron chi connectivity index (χ0n) is 11.4. The average Bonchev–Trinajstić information content (AvgIpc) is 3.07. The van der Waals surface area contributed by atoms with Crippen molar-refractivity contribution in [2.75, 3.05) is 5.32 Å². The van der Waals surface area contributed by atoms with E-state index >= 15 is 0 Å². The van der Waals surface area contributed by atoms with E-state index in [1.54, 1.807) is 6.33 Å². The Morgan fingerprint density at radius 2 is 1.81 bits per heavy atom. The first kappa shape index (κ1) is 13.2. The maximum atomic E-state index is 4.13. The number of hydrogen-bond donors (Lipinski definition) is 1. The summed E-state index contributed by atoms with van der Waals surface area (Å²) < 4.78 is 1.81. The molecule has 0 saturated heterocycles. The van der Waals surface area contributed by atoms with Crippen molar-refractivity contribution >= 4 is 5.95 Å². The quantitative estimate of drug-likeness (QED) is 0.740. The van der Waals surface area contributed by atoms with Gasteiger partial charge in [0.05, 0.1) is 6.04 Å². The van der Waals surface area contributed by atoms with Gasteiger partial charge in [0.25, 0.3) is 0 Å². The normalized spacial score (nSPS) is 12.0. The molecular formula is C14H15N7. The summed E-state index contributed by atoms with van der Waals surface area (Å²) in [6, 6.07) is 10.3. The first-order chi connectivity index (χ1) is 10.4. The number of benzene rings is 1. The summed E-state index contributed by atoms with van der Waals surface area (Å²) in [4.78, 5) is 16.0. The summed E-state index contributed by atoms with van der Waals surface area (Å²) >= 11 is 0. The molecule has 0 aliphatic carbocycles. The van der Waals surface area contributed by atoms with Crippen molar-refractivity contribution in [2.24, 2.45) is 0 Å². The van der Waals surface area contributed by atoms with E-state index in [2.05, 4.69) is 42.5 Å². The third-order valence-corrected chi connectivity index (χ3v) is 3.11. The van der Waals surface area contributed by atoms with E-state index in [0.717, 1.165) is 13.0 Å². The van der Waals surface area contributed by atoms with E-state index in [1.165, 1.54) is 24.5 Å². The van der Waals surface area contributed by atoms with Gasteiger partial charge in [-0.1, -0.05) is 30.3 Å². The molecular weight excluding hydrogens is 266 g/mol. The van der Waals surface area contributed by atoms with Gasteiger partial charge in [0, 0.05) is 6.54 Å². The number of aromatic nitrogens is 6. The molecule has 1 unspecified atom stereocenters.